The molecule has 1 amide bonds. The van der Waals surface area contributed by atoms with Crippen molar-refractivity contribution in [2.45, 2.75) is 46.0 Å². The van der Waals surface area contributed by atoms with Crippen LogP contribution < -0.4 is 5.32 Å². The standard InChI is InChI=1S/C28H31NO3/c1-3-5-6-7-27(32)29-23-14-8-21(9-15-23)28(22-12-18-25(31)19-13-22)26(4-2)20-10-16-24(30)17-11-20/h8-19,30-31H,3-7H2,1-2H3,(H,29,32)/b28-26-. The minimum atomic E-state index is 0.0406. The molecule has 0 atom stereocenters. The zero-order valence-corrected chi connectivity index (χ0v) is 18.8. The number of benzene rings is 3. The topological polar surface area (TPSA) is 69.6 Å². The van der Waals surface area contributed by atoms with Crippen LogP contribution in [0.3, 0.4) is 0 Å². The van der Waals surface area contributed by atoms with Crippen LogP contribution in [-0.4, -0.2) is 16.1 Å². The average Bonchev–Trinajstić information content (AvgIpc) is 2.80. The molecule has 3 rings (SSSR count). The number of rotatable bonds is 9. The van der Waals surface area contributed by atoms with Gasteiger partial charge in [-0.05, 0) is 77.1 Å². The molecule has 3 aromatic carbocycles. The van der Waals surface area contributed by atoms with Gasteiger partial charge in [-0.15, -0.1) is 0 Å². The highest BCUT2D eigenvalue weighted by atomic mass is 16.3. The van der Waals surface area contributed by atoms with Crippen molar-refractivity contribution < 1.29 is 15.0 Å². The minimum Gasteiger partial charge on any atom is -0.508 e. The summed E-state index contributed by atoms with van der Waals surface area (Å²) in [6, 6.07) is 22.3. The van der Waals surface area contributed by atoms with E-state index in [0.717, 1.165) is 59.2 Å². The summed E-state index contributed by atoms with van der Waals surface area (Å²) < 4.78 is 0. The number of anilines is 1. The second kappa shape index (κ2) is 11.2. The Morgan fingerprint density at radius 1 is 0.719 bits per heavy atom. The molecular formula is C28H31NO3. The summed E-state index contributed by atoms with van der Waals surface area (Å²) in [5, 5.41) is 22.5. The highest BCUT2D eigenvalue weighted by Gasteiger charge is 2.14. The number of hydrogen-bond donors (Lipinski definition) is 3. The Hall–Kier alpha value is -3.53. The van der Waals surface area contributed by atoms with Gasteiger partial charge in [-0.25, -0.2) is 0 Å². The predicted molar refractivity (Wildman–Crippen MR) is 132 cm³/mol. The van der Waals surface area contributed by atoms with E-state index in [2.05, 4.69) is 19.2 Å². The van der Waals surface area contributed by atoms with Crippen molar-refractivity contribution in [1.82, 2.24) is 0 Å². The summed E-state index contributed by atoms with van der Waals surface area (Å²) in [5.41, 5.74) is 6.00. The van der Waals surface area contributed by atoms with E-state index in [1.54, 1.807) is 24.3 Å². The third-order valence-electron chi connectivity index (χ3n) is 5.49. The van der Waals surface area contributed by atoms with Gasteiger partial charge in [0.1, 0.15) is 11.5 Å². The number of aromatic hydroxyl groups is 2. The maximum Gasteiger partial charge on any atom is 0.224 e. The van der Waals surface area contributed by atoms with E-state index in [9.17, 15) is 15.0 Å². The van der Waals surface area contributed by atoms with Gasteiger partial charge in [0, 0.05) is 12.1 Å². The van der Waals surface area contributed by atoms with Crippen LogP contribution in [0, 0.1) is 0 Å². The van der Waals surface area contributed by atoms with Gasteiger partial charge < -0.3 is 15.5 Å². The third-order valence-corrected chi connectivity index (χ3v) is 5.49. The molecule has 0 saturated heterocycles. The highest BCUT2D eigenvalue weighted by Crippen LogP contribution is 2.35. The fourth-order valence-corrected chi connectivity index (χ4v) is 3.81. The molecule has 0 spiro atoms. The molecule has 0 saturated carbocycles. The number of carbonyl (C=O) groups is 1. The van der Waals surface area contributed by atoms with Gasteiger partial charge in [-0.2, -0.15) is 0 Å². The van der Waals surface area contributed by atoms with Gasteiger partial charge in [0.05, 0.1) is 0 Å². The summed E-state index contributed by atoms with van der Waals surface area (Å²) in [6.45, 7) is 4.23. The normalized spacial score (nSPS) is 11.7. The smallest absolute Gasteiger partial charge is 0.224 e. The van der Waals surface area contributed by atoms with Crippen molar-refractivity contribution in [1.29, 1.82) is 0 Å². The zero-order valence-electron chi connectivity index (χ0n) is 18.8. The number of amides is 1. The molecule has 0 radical (unpaired) electrons. The van der Waals surface area contributed by atoms with E-state index in [1.165, 1.54) is 0 Å². The SMILES string of the molecule is CCCCCC(=O)Nc1ccc(/C(=C(\CC)c2ccc(O)cc2)c2ccc(O)cc2)cc1. The van der Waals surface area contributed by atoms with Gasteiger partial charge >= 0.3 is 0 Å². The van der Waals surface area contributed by atoms with Crippen LogP contribution >= 0.6 is 0 Å². The average molecular weight is 430 g/mol. The van der Waals surface area contributed by atoms with E-state index >= 15 is 0 Å². The summed E-state index contributed by atoms with van der Waals surface area (Å²) in [5.74, 6) is 0.491. The van der Waals surface area contributed by atoms with Crippen molar-refractivity contribution in [3.8, 4) is 11.5 Å². The first-order valence-electron chi connectivity index (χ1n) is 11.2. The Kier molecular flexibility index (Phi) is 8.09. The summed E-state index contributed by atoms with van der Waals surface area (Å²) in [4.78, 5) is 12.2. The molecule has 3 N–H and O–H groups in total. The fourth-order valence-electron chi connectivity index (χ4n) is 3.81. The van der Waals surface area contributed by atoms with Crippen LogP contribution in [0.2, 0.25) is 0 Å². The lowest BCUT2D eigenvalue weighted by atomic mass is 9.88. The van der Waals surface area contributed by atoms with Crippen molar-refractivity contribution >= 4 is 22.7 Å². The predicted octanol–water partition coefficient (Wildman–Crippen LogP) is 6.99. The first-order chi connectivity index (χ1) is 15.5. The number of nitrogens with one attached hydrogen (secondary N) is 1. The lowest BCUT2D eigenvalue weighted by Crippen LogP contribution is -2.10. The van der Waals surface area contributed by atoms with Crippen molar-refractivity contribution in [3.05, 3.63) is 89.5 Å². The lowest BCUT2D eigenvalue weighted by Gasteiger charge is -2.17. The Morgan fingerprint density at radius 3 is 1.72 bits per heavy atom. The molecule has 0 aliphatic heterocycles. The first-order valence-corrected chi connectivity index (χ1v) is 11.2. The maximum atomic E-state index is 12.2. The van der Waals surface area contributed by atoms with Crippen molar-refractivity contribution in [2.75, 3.05) is 5.32 Å². The number of phenols is 2. The molecule has 0 aromatic heterocycles. The molecule has 0 fully saturated rings. The number of hydrogen-bond acceptors (Lipinski definition) is 3. The van der Waals surface area contributed by atoms with Crippen LogP contribution in [-0.2, 0) is 4.79 Å². The quantitative estimate of drug-likeness (QED) is 0.254. The van der Waals surface area contributed by atoms with Crippen LogP contribution in [0.15, 0.2) is 72.8 Å². The molecule has 4 nitrogen and oxygen atoms in total. The van der Waals surface area contributed by atoms with Gasteiger partial charge in [-0.1, -0.05) is 63.1 Å². The monoisotopic (exact) mass is 429 g/mol. The molecule has 3 aromatic rings. The molecule has 166 valence electrons. The van der Waals surface area contributed by atoms with E-state index in [0.29, 0.717) is 6.42 Å². The number of unbranched alkanes of at least 4 members (excludes halogenated alkanes) is 2. The first kappa shape index (κ1) is 23.1. The Morgan fingerprint density at radius 2 is 1.22 bits per heavy atom. The van der Waals surface area contributed by atoms with E-state index < -0.39 is 0 Å². The zero-order chi connectivity index (χ0) is 22.9. The van der Waals surface area contributed by atoms with Crippen LogP contribution in [0.1, 0.15) is 62.6 Å². The second-order valence-corrected chi connectivity index (χ2v) is 7.88. The van der Waals surface area contributed by atoms with E-state index in [-0.39, 0.29) is 17.4 Å². The molecule has 32 heavy (non-hydrogen) atoms. The number of allylic oxidation sites excluding steroid dienone is 1. The van der Waals surface area contributed by atoms with Gasteiger partial charge in [0.15, 0.2) is 0 Å². The Balaban J connectivity index is 1.98. The number of carbonyl (C=O) groups excluding carboxylic acids is 1. The van der Waals surface area contributed by atoms with E-state index in [4.69, 9.17) is 0 Å². The summed E-state index contributed by atoms with van der Waals surface area (Å²) in [7, 11) is 0. The summed E-state index contributed by atoms with van der Waals surface area (Å²) in [6.07, 6.45) is 4.38. The Bertz CT molecular complexity index is 1050. The van der Waals surface area contributed by atoms with Gasteiger partial charge in [0.2, 0.25) is 5.91 Å². The van der Waals surface area contributed by atoms with Crippen LogP contribution in [0.4, 0.5) is 5.69 Å². The number of phenolic OH excluding ortho intramolecular Hbond substituents is 2. The van der Waals surface area contributed by atoms with Crippen LogP contribution in [0.5, 0.6) is 11.5 Å². The molecule has 0 bridgehead atoms. The second-order valence-electron chi connectivity index (χ2n) is 7.88. The van der Waals surface area contributed by atoms with Crippen LogP contribution in [0.25, 0.3) is 11.1 Å². The molecule has 0 unspecified atom stereocenters. The van der Waals surface area contributed by atoms with Gasteiger partial charge in [-0.3, -0.25) is 4.79 Å². The third kappa shape index (κ3) is 6.01. The highest BCUT2D eigenvalue weighted by molar-refractivity contribution is 5.99. The summed E-state index contributed by atoms with van der Waals surface area (Å²) >= 11 is 0. The van der Waals surface area contributed by atoms with Crippen molar-refractivity contribution in [2.24, 2.45) is 0 Å². The van der Waals surface area contributed by atoms with Gasteiger partial charge in [0.25, 0.3) is 0 Å². The molecule has 0 heterocycles. The van der Waals surface area contributed by atoms with E-state index in [1.807, 2.05) is 48.5 Å². The maximum absolute atomic E-state index is 12.2. The largest absolute Gasteiger partial charge is 0.508 e. The molecule has 0 aliphatic rings. The Labute approximate surface area is 190 Å². The molecule has 0 aliphatic carbocycles. The lowest BCUT2D eigenvalue weighted by molar-refractivity contribution is -0.116. The fraction of sp³-hybridized carbons (Fsp3) is 0.250. The molecule has 4 heteroatoms. The minimum absolute atomic E-state index is 0.0406. The molecular weight excluding hydrogens is 398 g/mol. The van der Waals surface area contributed by atoms with Crippen molar-refractivity contribution in [3.63, 3.8) is 0 Å².